The Balaban J connectivity index is 2.37. The molecule has 0 spiro atoms. The Morgan fingerprint density at radius 1 is 1.17 bits per heavy atom. The summed E-state index contributed by atoms with van der Waals surface area (Å²) >= 11 is 1.42. The minimum absolute atomic E-state index is 0.276. The predicted molar refractivity (Wildman–Crippen MR) is 70.4 cm³/mol. The lowest BCUT2D eigenvalue weighted by Crippen LogP contribution is -2.27. The molecule has 1 aromatic carbocycles. The van der Waals surface area contributed by atoms with Crippen molar-refractivity contribution in [1.29, 1.82) is 0 Å². The van der Waals surface area contributed by atoms with Crippen LogP contribution in [0, 0.1) is 5.82 Å². The van der Waals surface area contributed by atoms with E-state index < -0.39 is 11.4 Å². The van der Waals surface area contributed by atoms with Crippen LogP contribution < -0.4 is 0 Å². The number of thiophene rings is 1. The summed E-state index contributed by atoms with van der Waals surface area (Å²) in [6.07, 6.45) is 0. The van der Waals surface area contributed by atoms with Gasteiger partial charge >= 0.3 is 5.97 Å². The zero-order chi connectivity index (χ0) is 13.3. The zero-order valence-corrected chi connectivity index (χ0v) is 10.9. The molecular weight excluding hydrogens is 251 g/mol. The van der Waals surface area contributed by atoms with Gasteiger partial charge in [-0.15, -0.1) is 11.3 Å². The third-order valence-electron chi connectivity index (χ3n) is 2.89. The van der Waals surface area contributed by atoms with Gasteiger partial charge in [-0.1, -0.05) is 12.1 Å². The Bertz CT molecular complexity index is 570. The highest BCUT2D eigenvalue weighted by Crippen LogP contribution is 2.35. The maximum Gasteiger partial charge on any atom is 0.314 e. The number of aliphatic carboxylic acids is 1. The number of carboxylic acids is 1. The van der Waals surface area contributed by atoms with E-state index >= 15 is 0 Å². The van der Waals surface area contributed by atoms with Crippen molar-refractivity contribution in [2.24, 2.45) is 0 Å². The molecule has 0 saturated carbocycles. The van der Waals surface area contributed by atoms with Crippen molar-refractivity contribution in [3.8, 4) is 10.4 Å². The summed E-state index contributed by atoms with van der Waals surface area (Å²) in [5.41, 5.74) is -0.00278. The molecular formula is C14H13FO2S. The monoisotopic (exact) mass is 264 g/mol. The smallest absolute Gasteiger partial charge is 0.314 e. The Hall–Kier alpha value is -1.68. The molecule has 94 valence electrons. The standard InChI is InChI=1S/C14H13FO2S/c1-14(2,13(16)17)12-8-7-11(18-12)9-3-5-10(15)6-4-9/h3-8H,1-2H3,(H,16,17). The molecule has 1 N–H and O–H groups in total. The molecule has 4 heteroatoms. The first-order valence-electron chi connectivity index (χ1n) is 5.51. The van der Waals surface area contributed by atoms with Crippen LogP contribution in [0.25, 0.3) is 10.4 Å². The predicted octanol–water partition coefficient (Wildman–Crippen LogP) is 3.92. The summed E-state index contributed by atoms with van der Waals surface area (Å²) in [5.74, 6) is -1.13. The van der Waals surface area contributed by atoms with Gasteiger partial charge in [0, 0.05) is 9.75 Å². The lowest BCUT2D eigenvalue weighted by Gasteiger charge is -2.16. The van der Waals surface area contributed by atoms with Crippen molar-refractivity contribution in [1.82, 2.24) is 0 Å². The highest BCUT2D eigenvalue weighted by molar-refractivity contribution is 7.15. The minimum Gasteiger partial charge on any atom is -0.481 e. The molecule has 0 bridgehead atoms. The summed E-state index contributed by atoms with van der Waals surface area (Å²) in [4.78, 5) is 12.9. The van der Waals surface area contributed by atoms with Crippen LogP contribution in [-0.4, -0.2) is 11.1 Å². The molecule has 0 aliphatic rings. The summed E-state index contributed by atoms with van der Waals surface area (Å²) in [6.45, 7) is 3.35. The van der Waals surface area contributed by atoms with Crippen molar-refractivity contribution in [2.45, 2.75) is 19.3 Å². The average molecular weight is 264 g/mol. The molecule has 0 radical (unpaired) electrons. The second kappa shape index (κ2) is 4.53. The normalized spacial score (nSPS) is 11.5. The minimum atomic E-state index is -0.900. The van der Waals surface area contributed by atoms with Gasteiger partial charge in [0.2, 0.25) is 0 Å². The summed E-state index contributed by atoms with van der Waals surface area (Å²) in [7, 11) is 0. The van der Waals surface area contributed by atoms with Crippen molar-refractivity contribution < 1.29 is 14.3 Å². The van der Waals surface area contributed by atoms with Crippen LogP contribution in [0.2, 0.25) is 0 Å². The second-order valence-electron chi connectivity index (χ2n) is 4.60. The largest absolute Gasteiger partial charge is 0.481 e. The van der Waals surface area contributed by atoms with Crippen molar-refractivity contribution in [3.05, 3.63) is 47.1 Å². The number of benzene rings is 1. The lowest BCUT2D eigenvalue weighted by atomic mass is 9.92. The first kappa shape index (κ1) is 12.8. The first-order valence-corrected chi connectivity index (χ1v) is 6.32. The highest BCUT2D eigenvalue weighted by Gasteiger charge is 2.31. The summed E-state index contributed by atoms with van der Waals surface area (Å²) < 4.78 is 12.8. The quantitative estimate of drug-likeness (QED) is 0.912. The molecule has 2 nitrogen and oxygen atoms in total. The fraction of sp³-hybridized carbons (Fsp3) is 0.214. The van der Waals surface area contributed by atoms with E-state index in [1.807, 2.05) is 12.1 Å². The van der Waals surface area contributed by atoms with E-state index in [1.54, 1.807) is 26.0 Å². The Kier molecular flexibility index (Phi) is 3.22. The first-order chi connectivity index (χ1) is 8.41. The van der Waals surface area contributed by atoms with E-state index in [4.69, 9.17) is 5.11 Å². The van der Waals surface area contributed by atoms with Crippen LogP contribution in [0.1, 0.15) is 18.7 Å². The number of carboxylic acid groups (broad SMARTS) is 1. The number of hydrogen-bond acceptors (Lipinski definition) is 2. The van der Waals surface area contributed by atoms with E-state index in [2.05, 4.69) is 0 Å². The number of carbonyl (C=O) groups is 1. The van der Waals surface area contributed by atoms with Crippen LogP contribution in [0.3, 0.4) is 0 Å². The number of halogens is 1. The molecule has 2 aromatic rings. The van der Waals surface area contributed by atoms with Gasteiger partial charge < -0.3 is 5.11 Å². The van der Waals surface area contributed by atoms with Crippen molar-refractivity contribution >= 4 is 17.3 Å². The molecule has 18 heavy (non-hydrogen) atoms. The van der Waals surface area contributed by atoms with E-state index in [1.165, 1.54) is 23.5 Å². The maximum absolute atomic E-state index is 12.8. The number of rotatable bonds is 3. The van der Waals surface area contributed by atoms with Crippen LogP contribution in [0.4, 0.5) is 4.39 Å². The van der Waals surface area contributed by atoms with Gasteiger partial charge in [-0.2, -0.15) is 0 Å². The van der Waals surface area contributed by atoms with E-state index in [9.17, 15) is 9.18 Å². The highest BCUT2D eigenvalue weighted by atomic mass is 32.1. The molecule has 0 fully saturated rings. The van der Waals surface area contributed by atoms with Gasteiger partial charge in [-0.25, -0.2) is 4.39 Å². The van der Waals surface area contributed by atoms with Crippen LogP contribution in [0.5, 0.6) is 0 Å². The zero-order valence-electron chi connectivity index (χ0n) is 10.1. The van der Waals surface area contributed by atoms with Gasteiger partial charge in [-0.05, 0) is 43.7 Å². The molecule has 0 amide bonds. The molecule has 0 aliphatic heterocycles. The average Bonchev–Trinajstić information content (AvgIpc) is 2.79. The molecule has 0 atom stereocenters. The van der Waals surface area contributed by atoms with Gasteiger partial charge in [0.25, 0.3) is 0 Å². The van der Waals surface area contributed by atoms with Crippen molar-refractivity contribution in [2.75, 3.05) is 0 Å². The fourth-order valence-electron chi connectivity index (χ4n) is 1.55. The topological polar surface area (TPSA) is 37.3 Å². The third kappa shape index (κ3) is 2.29. The number of hydrogen-bond donors (Lipinski definition) is 1. The van der Waals surface area contributed by atoms with Gasteiger partial charge in [0.05, 0.1) is 5.41 Å². The van der Waals surface area contributed by atoms with Gasteiger partial charge in [0.1, 0.15) is 5.82 Å². The van der Waals surface area contributed by atoms with E-state index in [0.29, 0.717) is 0 Å². The maximum atomic E-state index is 12.8. The van der Waals surface area contributed by atoms with Crippen molar-refractivity contribution in [3.63, 3.8) is 0 Å². The Labute approximate surface area is 109 Å². The SMILES string of the molecule is CC(C)(C(=O)O)c1ccc(-c2ccc(F)cc2)s1. The van der Waals surface area contributed by atoms with E-state index in [-0.39, 0.29) is 5.82 Å². The molecule has 0 unspecified atom stereocenters. The molecule has 1 heterocycles. The molecule has 2 rings (SSSR count). The van der Waals surface area contributed by atoms with Gasteiger partial charge in [-0.3, -0.25) is 4.79 Å². The Morgan fingerprint density at radius 2 is 1.78 bits per heavy atom. The van der Waals surface area contributed by atoms with Crippen LogP contribution in [-0.2, 0) is 10.2 Å². The van der Waals surface area contributed by atoms with Crippen LogP contribution >= 0.6 is 11.3 Å². The third-order valence-corrected chi connectivity index (χ3v) is 4.34. The fourth-order valence-corrected chi connectivity index (χ4v) is 2.65. The van der Waals surface area contributed by atoms with Gasteiger partial charge in [0.15, 0.2) is 0 Å². The van der Waals surface area contributed by atoms with Crippen LogP contribution in [0.15, 0.2) is 36.4 Å². The molecule has 0 aliphatic carbocycles. The Morgan fingerprint density at radius 3 is 2.33 bits per heavy atom. The summed E-state index contributed by atoms with van der Waals surface area (Å²) in [5, 5.41) is 9.17. The lowest BCUT2D eigenvalue weighted by molar-refractivity contribution is -0.142. The van der Waals surface area contributed by atoms with E-state index in [0.717, 1.165) is 15.3 Å². The molecule has 1 aromatic heterocycles. The summed E-state index contributed by atoms with van der Waals surface area (Å²) in [6, 6.07) is 9.88. The molecule has 0 saturated heterocycles. The second-order valence-corrected chi connectivity index (χ2v) is 5.68.